The summed E-state index contributed by atoms with van der Waals surface area (Å²) in [5.41, 5.74) is 5.21. The van der Waals surface area contributed by atoms with Crippen LogP contribution in [0.5, 0.6) is 0 Å². The Morgan fingerprint density at radius 1 is 0.814 bits per heavy atom. The predicted octanol–water partition coefficient (Wildman–Crippen LogP) is 4.42. The Morgan fingerprint density at radius 3 is 2.02 bits per heavy atom. The number of Topliss-reactive ketones (excluding diaryl/α,β-unsaturated/α-hetero) is 1. The Hall–Kier alpha value is -2.65. The van der Waals surface area contributed by atoms with Gasteiger partial charge in [-0.3, -0.25) is 9.59 Å². The van der Waals surface area contributed by atoms with Crippen molar-refractivity contribution in [1.29, 1.82) is 0 Å². The molecule has 0 atom stereocenters. The highest BCUT2D eigenvalue weighted by Crippen LogP contribution is 2.40. The third kappa shape index (κ3) is 5.79. The van der Waals surface area contributed by atoms with Gasteiger partial charge in [0.05, 0.1) is 4.90 Å². The van der Waals surface area contributed by atoms with Gasteiger partial charge in [0.25, 0.3) is 0 Å². The molecule has 9 heteroatoms. The maximum atomic E-state index is 13.8. The molecule has 0 spiro atoms. The lowest BCUT2D eigenvalue weighted by Crippen LogP contribution is -2.53. The molecule has 0 N–H and O–H groups in total. The molecule has 43 heavy (non-hydrogen) atoms. The molecule has 0 unspecified atom stereocenters. The molecule has 234 valence electrons. The summed E-state index contributed by atoms with van der Waals surface area (Å²) in [6, 6.07) is 7.69. The summed E-state index contributed by atoms with van der Waals surface area (Å²) in [5.74, 6) is 0.0783. The molecule has 1 amide bonds. The molecular weight excluding hydrogens is 560 g/mol. The highest BCUT2D eigenvalue weighted by Gasteiger charge is 2.51. The molecule has 5 aliphatic rings. The maximum absolute atomic E-state index is 13.8. The van der Waals surface area contributed by atoms with Crippen LogP contribution in [-0.2, 0) is 19.4 Å². The van der Waals surface area contributed by atoms with Gasteiger partial charge in [-0.05, 0) is 102 Å². The number of piperidine rings is 2. The molecule has 3 saturated heterocycles. The SMILES string of the molecule is CC(=O)C1(S(=O)(=O)c2ccc(N3CCC(C(=O)N4CCN(C5=CCCC(C)=C5C)CC4)CC3)cc2)CCN(C2CC2)CC1. The van der Waals surface area contributed by atoms with Gasteiger partial charge in [0.1, 0.15) is 4.75 Å². The molecule has 0 radical (unpaired) electrons. The van der Waals surface area contributed by atoms with E-state index in [0.29, 0.717) is 32.0 Å². The number of ketones is 1. The van der Waals surface area contributed by atoms with E-state index in [1.54, 1.807) is 12.1 Å². The molecule has 0 bridgehead atoms. The first-order valence-electron chi connectivity index (χ1n) is 16.4. The van der Waals surface area contributed by atoms with Gasteiger partial charge >= 0.3 is 0 Å². The van der Waals surface area contributed by atoms with Crippen LogP contribution >= 0.6 is 0 Å². The van der Waals surface area contributed by atoms with Crippen molar-refractivity contribution >= 4 is 27.2 Å². The van der Waals surface area contributed by atoms with E-state index >= 15 is 0 Å². The van der Waals surface area contributed by atoms with E-state index in [4.69, 9.17) is 0 Å². The zero-order chi connectivity index (χ0) is 30.4. The number of piperazine rings is 1. The number of sulfone groups is 1. The van der Waals surface area contributed by atoms with Crippen molar-refractivity contribution in [3.63, 3.8) is 0 Å². The second-order valence-electron chi connectivity index (χ2n) is 13.4. The van der Waals surface area contributed by atoms with Gasteiger partial charge in [-0.15, -0.1) is 0 Å². The number of benzene rings is 1. The monoisotopic (exact) mass is 608 g/mol. The second kappa shape index (κ2) is 12.0. The van der Waals surface area contributed by atoms with Crippen LogP contribution in [0.4, 0.5) is 5.69 Å². The van der Waals surface area contributed by atoms with Crippen LogP contribution in [-0.4, -0.2) is 98.0 Å². The zero-order valence-electron chi connectivity index (χ0n) is 26.2. The lowest BCUT2D eigenvalue weighted by atomic mass is 9.92. The average molecular weight is 609 g/mol. The first-order chi connectivity index (χ1) is 20.6. The lowest BCUT2D eigenvalue weighted by Gasteiger charge is -2.41. The van der Waals surface area contributed by atoms with E-state index in [2.05, 4.69) is 39.5 Å². The molecule has 2 aliphatic carbocycles. The number of nitrogens with zero attached hydrogens (tertiary/aromatic N) is 4. The average Bonchev–Trinajstić information content (AvgIpc) is 3.88. The third-order valence-electron chi connectivity index (χ3n) is 11.0. The smallest absolute Gasteiger partial charge is 0.225 e. The highest BCUT2D eigenvalue weighted by atomic mass is 32.2. The van der Waals surface area contributed by atoms with Gasteiger partial charge < -0.3 is 19.6 Å². The molecular formula is C34H48N4O4S. The van der Waals surface area contributed by atoms with Gasteiger partial charge in [-0.1, -0.05) is 11.6 Å². The normalized spacial score (nSPS) is 24.3. The summed E-state index contributed by atoms with van der Waals surface area (Å²) in [5, 5.41) is 0. The van der Waals surface area contributed by atoms with E-state index < -0.39 is 14.6 Å². The van der Waals surface area contributed by atoms with Crippen LogP contribution in [0.1, 0.15) is 72.1 Å². The summed E-state index contributed by atoms with van der Waals surface area (Å²) < 4.78 is 26.3. The molecule has 6 rings (SSSR count). The van der Waals surface area contributed by atoms with Gasteiger partial charge in [0, 0.05) is 75.7 Å². The van der Waals surface area contributed by atoms with Crippen LogP contribution in [0.15, 0.2) is 52.1 Å². The summed E-state index contributed by atoms with van der Waals surface area (Å²) in [4.78, 5) is 35.6. The van der Waals surface area contributed by atoms with Crippen molar-refractivity contribution in [1.82, 2.24) is 14.7 Å². The van der Waals surface area contributed by atoms with E-state index in [1.807, 2.05) is 12.1 Å². The van der Waals surface area contributed by atoms with E-state index in [1.165, 1.54) is 36.6 Å². The molecule has 3 heterocycles. The zero-order valence-corrected chi connectivity index (χ0v) is 27.0. The van der Waals surface area contributed by atoms with Gasteiger partial charge in [0.2, 0.25) is 5.91 Å². The van der Waals surface area contributed by atoms with Crippen molar-refractivity contribution in [2.75, 3.05) is 57.3 Å². The minimum atomic E-state index is -3.80. The predicted molar refractivity (Wildman–Crippen MR) is 170 cm³/mol. The minimum Gasteiger partial charge on any atom is -0.371 e. The number of rotatable bonds is 7. The second-order valence-corrected chi connectivity index (χ2v) is 15.7. The lowest BCUT2D eigenvalue weighted by molar-refractivity contribution is -0.137. The van der Waals surface area contributed by atoms with Crippen molar-refractivity contribution < 1.29 is 18.0 Å². The van der Waals surface area contributed by atoms with Crippen LogP contribution in [0, 0.1) is 5.92 Å². The molecule has 1 aromatic rings. The summed E-state index contributed by atoms with van der Waals surface area (Å²) in [6.45, 7) is 12.1. The van der Waals surface area contributed by atoms with Crippen molar-refractivity contribution in [3.8, 4) is 0 Å². The molecule has 4 fully saturated rings. The van der Waals surface area contributed by atoms with Crippen molar-refractivity contribution in [2.45, 2.75) is 87.8 Å². The summed E-state index contributed by atoms with van der Waals surface area (Å²) in [7, 11) is -3.80. The minimum absolute atomic E-state index is 0.0390. The van der Waals surface area contributed by atoms with Gasteiger partial charge in [0.15, 0.2) is 15.6 Å². The first-order valence-corrected chi connectivity index (χ1v) is 17.8. The highest BCUT2D eigenvalue weighted by molar-refractivity contribution is 7.93. The fraction of sp³-hybridized carbons (Fsp3) is 0.647. The summed E-state index contributed by atoms with van der Waals surface area (Å²) in [6.07, 6.45) is 9.31. The molecule has 1 aromatic carbocycles. The van der Waals surface area contributed by atoms with Gasteiger partial charge in [-0.25, -0.2) is 8.42 Å². The van der Waals surface area contributed by atoms with Crippen LogP contribution < -0.4 is 4.90 Å². The Morgan fingerprint density at radius 2 is 1.44 bits per heavy atom. The number of likely N-dealkylation sites (tertiary alicyclic amines) is 1. The Bertz CT molecular complexity index is 1390. The Labute approximate surface area is 257 Å². The van der Waals surface area contributed by atoms with Crippen molar-refractivity contribution in [3.05, 3.63) is 47.2 Å². The van der Waals surface area contributed by atoms with Crippen LogP contribution in [0.3, 0.4) is 0 Å². The molecule has 0 aromatic heterocycles. The molecule has 1 saturated carbocycles. The fourth-order valence-corrected chi connectivity index (χ4v) is 9.77. The number of amides is 1. The maximum Gasteiger partial charge on any atom is 0.225 e. The standard InChI is InChI=1S/C34H48N4O4S/c1-25-5-4-6-32(26(25)2)37-21-23-38(24-22-37)33(40)28-13-17-35(18-14-28)30-9-11-31(12-10-30)43(41,42)34(27(3)39)15-19-36(20-16-34)29-7-8-29/h6,9-12,28-29H,4-5,7-8,13-24H2,1-3H3. The van der Waals surface area contributed by atoms with E-state index in [9.17, 15) is 18.0 Å². The van der Waals surface area contributed by atoms with E-state index in [-0.39, 0.29) is 22.5 Å². The Balaban J connectivity index is 1.03. The van der Waals surface area contributed by atoms with Crippen LogP contribution in [0.25, 0.3) is 0 Å². The largest absolute Gasteiger partial charge is 0.371 e. The molecule has 8 nitrogen and oxygen atoms in total. The van der Waals surface area contributed by atoms with E-state index in [0.717, 1.165) is 70.6 Å². The molecule has 3 aliphatic heterocycles. The topological polar surface area (TPSA) is 81.2 Å². The van der Waals surface area contributed by atoms with Gasteiger partial charge in [-0.2, -0.15) is 0 Å². The number of carbonyl (C=O) groups excluding carboxylic acids is 2. The summed E-state index contributed by atoms with van der Waals surface area (Å²) >= 11 is 0. The quantitative estimate of drug-likeness (QED) is 0.453. The number of hydrogen-bond acceptors (Lipinski definition) is 7. The number of allylic oxidation sites excluding steroid dienone is 3. The number of hydrogen-bond donors (Lipinski definition) is 0. The number of anilines is 1. The van der Waals surface area contributed by atoms with Crippen LogP contribution in [0.2, 0.25) is 0 Å². The van der Waals surface area contributed by atoms with Crippen molar-refractivity contribution in [2.24, 2.45) is 5.92 Å². The Kier molecular flexibility index (Phi) is 8.50. The fourth-order valence-electron chi connectivity index (χ4n) is 7.72. The third-order valence-corrected chi connectivity index (χ3v) is 13.6. The number of carbonyl (C=O) groups is 2. The first kappa shape index (κ1) is 30.4.